The van der Waals surface area contributed by atoms with Gasteiger partial charge in [0.05, 0.1) is 4.90 Å². The first-order chi connectivity index (χ1) is 13.6. The summed E-state index contributed by atoms with van der Waals surface area (Å²) < 4.78 is 31.6. The van der Waals surface area contributed by atoms with Crippen molar-refractivity contribution in [2.75, 3.05) is 18.5 Å². The van der Waals surface area contributed by atoms with Gasteiger partial charge in [0.15, 0.2) is 6.61 Å². The van der Waals surface area contributed by atoms with Crippen molar-refractivity contribution in [2.45, 2.75) is 57.0 Å². The number of amides is 2. The molecular weight excluding hydrogens is 398 g/mol. The fraction of sp³-hybridized carbons (Fsp3) is 0.526. The minimum Gasteiger partial charge on any atom is -0.455 e. The Kier molecular flexibility index (Phi) is 7.74. The van der Waals surface area contributed by atoms with Crippen LogP contribution in [0.15, 0.2) is 29.2 Å². The highest BCUT2D eigenvalue weighted by atomic mass is 32.2. The zero-order valence-electron chi connectivity index (χ0n) is 16.8. The SMILES string of the molecule is CC(=O)Nc1ccc(S(=O)(=O)NCC(=O)OCC(=O)N2[C@H](C)CCC[C@H]2C)cc1. The number of piperidine rings is 1. The highest BCUT2D eigenvalue weighted by Crippen LogP contribution is 2.22. The molecule has 160 valence electrons. The lowest BCUT2D eigenvalue weighted by Gasteiger charge is -2.38. The first kappa shape index (κ1) is 22.8. The molecule has 0 unspecified atom stereocenters. The summed E-state index contributed by atoms with van der Waals surface area (Å²) in [6.45, 7) is 4.26. The Morgan fingerprint density at radius 2 is 1.69 bits per heavy atom. The molecular formula is C19H27N3O6S. The van der Waals surface area contributed by atoms with Crippen molar-refractivity contribution in [1.82, 2.24) is 9.62 Å². The van der Waals surface area contributed by atoms with Crippen molar-refractivity contribution < 1.29 is 27.5 Å². The third-order valence-electron chi connectivity index (χ3n) is 4.73. The van der Waals surface area contributed by atoms with E-state index in [1.807, 2.05) is 13.8 Å². The van der Waals surface area contributed by atoms with Gasteiger partial charge in [0.2, 0.25) is 15.9 Å². The molecule has 1 fully saturated rings. The lowest BCUT2D eigenvalue weighted by Crippen LogP contribution is -2.49. The van der Waals surface area contributed by atoms with Gasteiger partial charge < -0.3 is 15.0 Å². The number of hydrogen-bond donors (Lipinski definition) is 2. The highest BCUT2D eigenvalue weighted by molar-refractivity contribution is 7.89. The van der Waals surface area contributed by atoms with Gasteiger partial charge in [-0.1, -0.05) is 0 Å². The monoisotopic (exact) mass is 425 g/mol. The lowest BCUT2D eigenvalue weighted by atomic mass is 9.97. The van der Waals surface area contributed by atoms with E-state index in [2.05, 4.69) is 10.0 Å². The summed E-state index contributed by atoms with van der Waals surface area (Å²) >= 11 is 0. The van der Waals surface area contributed by atoms with Crippen LogP contribution < -0.4 is 10.0 Å². The summed E-state index contributed by atoms with van der Waals surface area (Å²) in [6, 6.07) is 5.66. The number of esters is 1. The maximum atomic E-state index is 12.3. The molecule has 0 radical (unpaired) electrons. The maximum Gasteiger partial charge on any atom is 0.321 e. The summed E-state index contributed by atoms with van der Waals surface area (Å²) in [5, 5.41) is 2.53. The summed E-state index contributed by atoms with van der Waals surface area (Å²) in [7, 11) is -3.94. The minimum atomic E-state index is -3.94. The number of sulfonamides is 1. The van der Waals surface area contributed by atoms with Gasteiger partial charge in [-0.25, -0.2) is 8.42 Å². The van der Waals surface area contributed by atoms with Crippen LogP contribution in [0.25, 0.3) is 0 Å². The molecule has 9 nitrogen and oxygen atoms in total. The number of nitrogens with one attached hydrogen (secondary N) is 2. The predicted molar refractivity (Wildman–Crippen MR) is 107 cm³/mol. The van der Waals surface area contributed by atoms with Crippen molar-refractivity contribution in [2.24, 2.45) is 0 Å². The molecule has 1 aliphatic heterocycles. The average molecular weight is 426 g/mol. The van der Waals surface area contributed by atoms with E-state index >= 15 is 0 Å². The molecule has 1 aromatic carbocycles. The summed E-state index contributed by atoms with van der Waals surface area (Å²) in [6.07, 6.45) is 2.87. The van der Waals surface area contributed by atoms with Gasteiger partial charge in [-0.2, -0.15) is 4.72 Å². The van der Waals surface area contributed by atoms with E-state index in [-0.39, 0.29) is 28.8 Å². The number of carbonyl (C=O) groups is 3. The minimum absolute atomic E-state index is 0.0635. The summed E-state index contributed by atoms with van der Waals surface area (Å²) in [4.78, 5) is 36.9. The topological polar surface area (TPSA) is 122 Å². The van der Waals surface area contributed by atoms with E-state index in [0.717, 1.165) is 19.3 Å². The van der Waals surface area contributed by atoms with Crippen LogP contribution in [0, 0.1) is 0 Å². The molecule has 0 saturated carbocycles. The molecule has 2 atom stereocenters. The number of nitrogens with zero attached hydrogens (tertiary/aromatic N) is 1. The van der Waals surface area contributed by atoms with Crippen LogP contribution in [0.5, 0.6) is 0 Å². The van der Waals surface area contributed by atoms with Crippen LogP contribution in [0.1, 0.15) is 40.0 Å². The molecule has 1 heterocycles. The van der Waals surface area contributed by atoms with Crippen molar-refractivity contribution in [3.8, 4) is 0 Å². The van der Waals surface area contributed by atoms with E-state index in [1.165, 1.54) is 31.2 Å². The highest BCUT2D eigenvalue weighted by Gasteiger charge is 2.29. The third kappa shape index (κ3) is 6.53. The van der Waals surface area contributed by atoms with Gasteiger partial charge >= 0.3 is 5.97 Å². The molecule has 2 N–H and O–H groups in total. The lowest BCUT2D eigenvalue weighted by molar-refractivity contribution is -0.154. The van der Waals surface area contributed by atoms with E-state index in [4.69, 9.17) is 4.74 Å². The fourth-order valence-electron chi connectivity index (χ4n) is 3.34. The number of benzene rings is 1. The van der Waals surface area contributed by atoms with Crippen molar-refractivity contribution in [1.29, 1.82) is 0 Å². The first-order valence-electron chi connectivity index (χ1n) is 9.44. The standard InChI is InChI=1S/C19H27N3O6S/c1-13-5-4-6-14(2)22(13)18(24)12-28-19(25)11-20-29(26,27)17-9-7-16(8-10-17)21-15(3)23/h7-10,13-14,20H,4-6,11-12H2,1-3H3,(H,21,23)/t13-,14-/m1/s1. The zero-order chi connectivity index (χ0) is 21.6. The quantitative estimate of drug-likeness (QED) is 0.634. The van der Waals surface area contributed by atoms with Crippen molar-refractivity contribution in [3.63, 3.8) is 0 Å². The molecule has 0 aliphatic carbocycles. The van der Waals surface area contributed by atoms with Crippen LogP contribution in [0.4, 0.5) is 5.69 Å². The van der Waals surface area contributed by atoms with Gasteiger partial charge in [-0.15, -0.1) is 0 Å². The zero-order valence-corrected chi connectivity index (χ0v) is 17.6. The van der Waals surface area contributed by atoms with E-state index in [1.54, 1.807) is 4.90 Å². The Bertz CT molecular complexity index is 843. The molecule has 1 aliphatic rings. The van der Waals surface area contributed by atoms with Crippen LogP contribution in [-0.4, -0.2) is 56.3 Å². The van der Waals surface area contributed by atoms with Crippen LogP contribution in [-0.2, 0) is 29.1 Å². The first-order valence-corrected chi connectivity index (χ1v) is 10.9. The summed E-state index contributed by atoms with van der Waals surface area (Å²) in [5.74, 6) is -1.40. The number of ether oxygens (including phenoxy) is 1. The van der Waals surface area contributed by atoms with Gasteiger partial charge in [-0.05, 0) is 57.4 Å². The van der Waals surface area contributed by atoms with E-state index in [0.29, 0.717) is 5.69 Å². The smallest absolute Gasteiger partial charge is 0.321 e. The average Bonchev–Trinajstić information content (AvgIpc) is 2.64. The summed E-state index contributed by atoms with van der Waals surface area (Å²) in [5.41, 5.74) is 0.454. The number of carbonyl (C=O) groups excluding carboxylic acids is 3. The molecule has 1 saturated heterocycles. The normalized spacial score (nSPS) is 19.5. The number of anilines is 1. The Hall–Kier alpha value is -2.46. The second-order valence-corrected chi connectivity index (χ2v) is 8.89. The van der Waals surface area contributed by atoms with Crippen LogP contribution >= 0.6 is 0 Å². The maximum absolute atomic E-state index is 12.3. The van der Waals surface area contributed by atoms with Gasteiger partial charge in [0.25, 0.3) is 5.91 Å². The van der Waals surface area contributed by atoms with Crippen LogP contribution in [0.3, 0.4) is 0 Å². The van der Waals surface area contributed by atoms with E-state index in [9.17, 15) is 22.8 Å². The number of likely N-dealkylation sites (tertiary alicyclic amines) is 1. The Morgan fingerprint density at radius 3 is 2.24 bits per heavy atom. The molecule has 2 rings (SSSR count). The fourth-order valence-corrected chi connectivity index (χ4v) is 4.31. The number of hydrogen-bond acceptors (Lipinski definition) is 6. The Labute approximate surface area is 170 Å². The van der Waals surface area contributed by atoms with Gasteiger partial charge in [0, 0.05) is 24.7 Å². The molecule has 0 bridgehead atoms. The molecule has 0 spiro atoms. The number of rotatable bonds is 7. The van der Waals surface area contributed by atoms with E-state index < -0.39 is 29.1 Å². The third-order valence-corrected chi connectivity index (χ3v) is 6.15. The molecule has 29 heavy (non-hydrogen) atoms. The molecule has 0 aromatic heterocycles. The predicted octanol–water partition coefficient (Wildman–Crippen LogP) is 1.26. The molecule has 10 heteroatoms. The Balaban J connectivity index is 1.84. The largest absolute Gasteiger partial charge is 0.455 e. The van der Waals surface area contributed by atoms with Gasteiger partial charge in [-0.3, -0.25) is 14.4 Å². The van der Waals surface area contributed by atoms with Crippen LogP contribution in [0.2, 0.25) is 0 Å². The molecule has 1 aromatic rings. The van der Waals surface area contributed by atoms with Gasteiger partial charge in [0.1, 0.15) is 6.54 Å². The second kappa shape index (κ2) is 9.84. The molecule has 2 amide bonds. The van der Waals surface area contributed by atoms with Crippen molar-refractivity contribution >= 4 is 33.5 Å². The second-order valence-electron chi connectivity index (χ2n) is 7.12. The Morgan fingerprint density at radius 1 is 1.10 bits per heavy atom. The van der Waals surface area contributed by atoms with Crippen molar-refractivity contribution in [3.05, 3.63) is 24.3 Å².